The molecule has 0 radical (unpaired) electrons. The molecule has 54 valence electrons. The molecule has 0 saturated carbocycles. The molecule has 0 fully saturated rings. The number of carbonyl (C=O) groups is 1. The Bertz CT molecular complexity index is 222. The van der Waals surface area contributed by atoms with Crippen LogP contribution in [0.15, 0.2) is 24.3 Å². The fourth-order valence-electron chi connectivity index (χ4n) is 0.602. The molecule has 1 rings (SSSR count). The van der Waals surface area contributed by atoms with E-state index in [9.17, 15) is 4.79 Å². The first-order chi connectivity index (χ1) is 4.83. The molecule has 0 unspecified atom stereocenters. The van der Waals surface area contributed by atoms with Crippen molar-refractivity contribution in [2.45, 2.75) is 0 Å². The van der Waals surface area contributed by atoms with Gasteiger partial charge >= 0.3 is 29.6 Å². The molecule has 0 bridgehead atoms. The van der Waals surface area contributed by atoms with E-state index in [0.717, 1.165) is 0 Å². The molecular formula is C7H8NNaO2. The average Bonchev–Trinajstić information content (AvgIpc) is 1.95. The third kappa shape index (κ3) is 3.41. The van der Waals surface area contributed by atoms with Crippen molar-refractivity contribution in [1.82, 2.24) is 0 Å². The van der Waals surface area contributed by atoms with Crippen LogP contribution < -0.4 is 10.5 Å². The fourth-order valence-corrected chi connectivity index (χ4v) is 0.602. The van der Waals surface area contributed by atoms with Gasteiger partial charge in [0.05, 0.1) is 0 Å². The first-order valence-electron chi connectivity index (χ1n) is 2.79. The maximum absolute atomic E-state index is 9.81. The summed E-state index contributed by atoms with van der Waals surface area (Å²) < 4.78 is 4.52. The summed E-state index contributed by atoms with van der Waals surface area (Å²) in [5.74, 6) is 0.504. The standard InChI is InChI=1S/C7H7NO2.Na.H/c8-6-1-3-7(4-2-6)10-5-9;;/h1-5H,8H2;;. The average molecular weight is 161 g/mol. The second-order valence-electron chi connectivity index (χ2n) is 1.78. The molecule has 0 aromatic heterocycles. The normalized spacial score (nSPS) is 8.00. The number of hydrogen-bond donors (Lipinski definition) is 1. The van der Waals surface area contributed by atoms with Crippen LogP contribution in [0.4, 0.5) is 5.69 Å². The van der Waals surface area contributed by atoms with Crippen molar-refractivity contribution in [3.63, 3.8) is 0 Å². The molecule has 0 aliphatic rings. The van der Waals surface area contributed by atoms with E-state index in [1.807, 2.05) is 0 Å². The Morgan fingerprint density at radius 3 is 2.27 bits per heavy atom. The Balaban J connectivity index is 0.000001000. The van der Waals surface area contributed by atoms with Gasteiger partial charge < -0.3 is 10.5 Å². The van der Waals surface area contributed by atoms with Gasteiger partial charge in [-0.05, 0) is 24.3 Å². The zero-order chi connectivity index (χ0) is 7.40. The molecule has 0 heterocycles. The molecule has 2 N–H and O–H groups in total. The molecule has 0 saturated heterocycles. The van der Waals surface area contributed by atoms with Crippen LogP contribution in [0.2, 0.25) is 0 Å². The Hall–Kier alpha value is -0.510. The van der Waals surface area contributed by atoms with Crippen LogP contribution in [0.1, 0.15) is 0 Å². The summed E-state index contributed by atoms with van der Waals surface area (Å²) in [7, 11) is 0. The molecule has 0 spiro atoms. The van der Waals surface area contributed by atoms with Crippen molar-refractivity contribution in [3.8, 4) is 5.75 Å². The Morgan fingerprint density at radius 1 is 1.27 bits per heavy atom. The Kier molecular flexibility index (Phi) is 4.94. The molecule has 0 aliphatic carbocycles. The first kappa shape index (κ1) is 10.5. The summed E-state index contributed by atoms with van der Waals surface area (Å²) in [5.41, 5.74) is 6.03. The maximum atomic E-state index is 9.81. The summed E-state index contributed by atoms with van der Waals surface area (Å²) in [5, 5.41) is 0. The third-order valence-electron chi connectivity index (χ3n) is 1.06. The SMILES string of the molecule is Nc1ccc(OC=O)cc1.[NaH]. The summed E-state index contributed by atoms with van der Waals surface area (Å²) in [4.78, 5) is 9.81. The van der Waals surface area contributed by atoms with Crippen molar-refractivity contribution in [2.75, 3.05) is 5.73 Å². The van der Waals surface area contributed by atoms with Crippen LogP contribution in [0, 0.1) is 0 Å². The van der Waals surface area contributed by atoms with E-state index in [-0.39, 0.29) is 29.6 Å². The molecule has 0 atom stereocenters. The minimum absolute atomic E-state index is 0. The summed E-state index contributed by atoms with van der Waals surface area (Å²) in [6.45, 7) is 0.380. The van der Waals surface area contributed by atoms with E-state index >= 15 is 0 Å². The molecule has 0 amide bonds. The first-order valence-corrected chi connectivity index (χ1v) is 2.79. The number of nitrogen functional groups attached to an aromatic ring is 1. The monoisotopic (exact) mass is 161 g/mol. The predicted molar refractivity (Wildman–Crippen MR) is 44.7 cm³/mol. The van der Waals surface area contributed by atoms with E-state index in [1.54, 1.807) is 24.3 Å². The predicted octanol–water partition coefficient (Wildman–Crippen LogP) is 0.156. The second-order valence-corrected chi connectivity index (χ2v) is 1.78. The van der Waals surface area contributed by atoms with E-state index < -0.39 is 0 Å². The van der Waals surface area contributed by atoms with Crippen molar-refractivity contribution < 1.29 is 9.53 Å². The van der Waals surface area contributed by atoms with Gasteiger partial charge in [0.25, 0.3) is 6.47 Å². The van der Waals surface area contributed by atoms with Gasteiger partial charge in [-0.1, -0.05) is 0 Å². The summed E-state index contributed by atoms with van der Waals surface area (Å²) >= 11 is 0. The zero-order valence-corrected chi connectivity index (χ0v) is 5.28. The second kappa shape index (κ2) is 5.18. The molecule has 1 aromatic rings. The zero-order valence-electron chi connectivity index (χ0n) is 5.28. The van der Waals surface area contributed by atoms with Crippen LogP contribution in [-0.4, -0.2) is 36.0 Å². The molecule has 1 aromatic carbocycles. The summed E-state index contributed by atoms with van der Waals surface area (Å²) in [6.07, 6.45) is 0. The fraction of sp³-hybridized carbons (Fsp3) is 0. The molecule has 11 heavy (non-hydrogen) atoms. The number of ether oxygens (including phenoxy) is 1. The molecule has 0 aliphatic heterocycles. The molecule has 4 heteroatoms. The van der Waals surface area contributed by atoms with Crippen LogP contribution in [0.5, 0.6) is 5.75 Å². The third-order valence-corrected chi connectivity index (χ3v) is 1.06. The van der Waals surface area contributed by atoms with Crippen LogP contribution in [-0.2, 0) is 4.79 Å². The van der Waals surface area contributed by atoms with Gasteiger partial charge in [-0.15, -0.1) is 0 Å². The van der Waals surface area contributed by atoms with Gasteiger partial charge in [0, 0.05) is 5.69 Å². The number of benzene rings is 1. The van der Waals surface area contributed by atoms with Gasteiger partial charge in [0.1, 0.15) is 5.75 Å². The number of carbonyl (C=O) groups excluding carboxylic acids is 1. The van der Waals surface area contributed by atoms with Gasteiger partial charge in [-0.2, -0.15) is 0 Å². The summed E-state index contributed by atoms with van der Waals surface area (Å²) in [6, 6.07) is 6.59. The Morgan fingerprint density at radius 2 is 1.82 bits per heavy atom. The van der Waals surface area contributed by atoms with Gasteiger partial charge in [0.2, 0.25) is 0 Å². The van der Waals surface area contributed by atoms with Crippen molar-refractivity contribution in [3.05, 3.63) is 24.3 Å². The number of hydrogen-bond acceptors (Lipinski definition) is 3. The van der Waals surface area contributed by atoms with Crippen molar-refractivity contribution in [1.29, 1.82) is 0 Å². The van der Waals surface area contributed by atoms with E-state index in [1.165, 1.54) is 0 Å². The number of rotatable bonds is 2. The van der Waals surface area contributed by atoms with Gasteiger partial charge in [-0.25, -0.2) is 0 Å². The minimum atomic E-state index is 0. The topological polar surface area (TPSA) is 52.3 Å². The van der Waals surface area contributed by atoms with E-state index in [4.69, 9.17) is 5.73 Å². The van der Waals surface area contributed by atoms with Gasteiger partial charge in [-0.3, -0.25) is 4.79 Å². The van der Waals surface area contributed by atoms with E-state index in [2.05, 4.69) is 4.74 Å². The van der Waals surface area contributed by atoms with Crippen molar-refractivity contribution >= 4 is 41.7 Å². The van der Waals surface area contributed by atoms with Crippen molar-refractivity contribution in [2.24, 2.45) is 0 Å². The Labute approximate surface area is 86.8 Å². The van der Waals surface area contributed by atoms with Crippen LogP contribution in [0.25, 0.3) is 0 Å². The van der Waals surface area contributed by atoms with Gasteiger partial charge in [0.15, 0.2) is 0 Å². The number of nitrogens with two attached hydrogens (primary N) is 1. The van der Waals surface area contributed by atoms with Crippen LogP contribution in [0.3, 0.4) is 0 Å². The van der Waals surface area contributed by atoms with E-state index in [0.29, 0.717) is 17.9 Å². The number of anilines is 1. The van der Waals surface area contributed by atoms with Crippen LogP contribution >= 0.6 is 0 Å². The molecule has 3 nitrogen and oxygen atoms in total. The quantitative estimate of drug-likeness (QED) is 0.381. The molecular weight excluding hydrogens is 153 g/mol.